The molecule has 2 N–H and O–H groups in total. The molecule has 98 valence electrons. The summed E-state index contributed by atoms with van der Waals surface area (Å²) in [5.74, 6) is -1.22. The summed E-state index contributed by atoms with van der Waals surface area (Å²) in [5.41, 5.74) is 0. The van der Waals surface area contributed by atoms with Gasteiger partial charge in [-0.1, -0.05) is 12.8 Å². The van der Waals surface area contributed by atoms with E-state index >= 15 is 0 Å². The van der Waals surface area contributed by atoms with Crippen molar-refractivity contribution in [3.8, 4) is 0 Å². The number of hydrogen-bond donors (Lipinski definition) is 2. The van der Waals surface area contributed by atoms with E-state index in [1.54, 1.807) is 4.90 Å². The van der Waals surface area contributed by atoms with Gasteiger partial charge in [0, 0.05) is 19.1 Å². The van der Waals surface area contributed by atoms with E-state index in [1.165, 1.54) is 0 Å². The quantitative estimate of drug-likeness (QED) is 0.788. The standard InChI is InChI=1S/C12H22N2O3/c1-3-14(4-2)12(17)13-10-8-6-5-7-9(10)11(15)16/h9-10H,3-8H2,1-2H3,(H,13,17)(H,15,16). The van der Waals surface area contributed by atoms with Gasteiger partial charge in [-0.25, -0.2) is 4.79 Å². The molecule has 0 spiro atoms. The van der Waals surface area contributed by atoms with Gasteiger partial charge in [0.2, 0.25) is 0 Å². The van der Waals surface area contributed by atoms with E-state index in [-0.39, 0.29) is 12.1 Å². The Morgan fingerprint density at radius 1 is 1.24 bits per heavy atom. The zero-order valence-electron chi connectivity index (χ0n) is 10.6. The topological polar surface area (TPSA) is 69.6 Å². The average Bonchev–Trinajstić information content (AvgIpc) is 2.31. The highest BCUT2D eigenvalue weighted by Crippen LogP contribution is 2.24. The van der Waals surface area contributed by atoms with Gasteiger partial charge in [0.05, 0.1) is 5.92 Å². The molecule has 1 fully saturated rings. The number of urea groups is 1. The first-order valence-corrected chi connectivity index (χ1v) is 6.38. The van der Waals surface area contributed by atoms with Gasteiger partial charge >= 0.3 is 12.0 Å². The molecule has 2 unspecified atom stereocenters. The number of nitrogens with one attached hydrogen (secondary N) is 1. The van der Waals surface area contributed by atoms with Crippen molar-refractivity contribution in [2.75, 3.05) is 13.1 Å². The van der Waals surface area contributed by atoms with Gasteiger partial charge in [-0.05, 0) is 26.7 Å². The van der Waals surface area contributed by atoms with Gasteiger partial charge < -0.3 is 15.3 Å². The van der Waals surface area contributed by atoms with Crippen LogP contribution in [0.1, 0.15) is 39.5 Å². The third-order valence-electron chi connectivity index (χ3n) is 3.44. The van der Waals surface area contributed by atoms with Gasteiger partial charge in [0.15, 0.2) is 0 Å². The maximum absolute atomic E-state index is 11.9. The van der Waals surface area contributed by atoms with E-state index in [2.05, 4.69) is 5.32 Å². The van der Waals surface area contributed by atoms with Crippen LogP contribution in [0.15, 0.2) is 0 Å². The summed E-state index contributed by atoms with van der Waals surface area (Å²) in [6.07, 6.45) is 3.37. The molecule has 17 heavy (non-hydrogen) atoms. The van der Waals surface area contributed by atoms with E-state index in [9.17, 15) is 9.59 Å². The summed E-state index contributed by atoms with van der Waals surface area (Å²) in [6.45, 7) is 5.12. The number of rotatable bonds is 4. The Morgan fingerprint density at radius 2 is 1.82 bits per heavy atom. The number of carboxylic acid groups (broad SMARTS) is 1. The van der Waals surface area contributed by atoms with Crippen molar-refractivity contribution in [2.24, 2.45) is 5.92 Å². The number of amides is 2. The van der Waals surface area contributed by atoms with Gasteiger partial charge in [-0.15, -0.1) is 0 Å². The monoisotopic (exact) mass is 242 g/mol. The molecule has 1 rings (SSSR count). The van der Waals surface area contributed by atoms with Crippen LogP contribution >= 0.6 is 0 Å². The van der Waals surface area contributed by atoms with Crippen LogP contribution < -0.4 is 5.32 Å². The lowest BCUT2D eigenvalue weighted by atomic mass is 9.84. The van der Waals surface area contributed by atoms with Crippen molar-refractivity contribution in [1.82, 2.24) is 10.2 Å². The van der Waals surface area contributed by atoms with Gasteiger partial charge in [0.25, 0.3) is 0 Å². The number of carbonyl (C=O) groups excluding carboxylic acids is 1. The minimum atomic E-state index is -0.797. The maximum Gasteiger partial charge on any atom is 0.317 e. The molecule has 5 heteroatoms. The molecule has 1 aliphatic carbocycles. The average molecular weight is 242 g/mol. The second kappa shape index (κ2) is 6.47. The molecule has 0 aromatic rings. The summed E-state index contributed by atoms with van der Waals surface area (Å²) in [4.78, 5) is 24.6. The largest absolute Gasteiger partial charge is 0.481 e. The number of carbonyl (C=O) groups is 2. The summed E-state index contributed by atoms with van der Waals surface area (Å²) in [7, 11) is 0. The number of hydrogen-bond acceptors (Lipinski definition) is 2. The lowest BCUT2D eigenvalue weighted by Crippen LogP contribution is -2.50. The van der Waals surface area contributed by atoms with Crippen molar-refractivity contribution in [1.29, 1.82) is 0 Å². The summed E-state index contributed by atoms with van der Waals surface area (Å²) < 4.78 is 0. The van der Waals surface area contributed by atoms with Gasteiger partial charge in [-0.2, -0.15) is 0 Å². The molecule has 0 heterocycles. The fraction of sp³-hybridized carbons (Fsp3) is 0.833. The Bertz CT molecular complexity index is 277. The van der Waals surface area contributed by atoms with E-state index in [0.717, 1.165) is 19.3 Å². The fourth-order valence-electron chi connectivity index (χ4n) is 2.36. The van der Waals surface area contributed by atoms with Crippen molar-refractivity contribution in [2.45, 2.75) is 45.6 Å². The fourth-order valence-corrected chi connectivity index (χ4v) is 2.36. The Labute approximate surface area is 102 Å². The first-order chi connectivity index (χ1) is 8.10. The van der Waals surface area contributed by atoms with Crippen molar-refractivity contribution < 1.29 is 14.7 Å². The van der Waals surface area contributed by atoms with Gasteiger partial charge in [0.1, 0.15) is 0 Å². The molecule has 1 saturated carbocycles. The number of carboxylic acids is 1. The third-order valence-corrected chi connectivity index (χ3v) is 3.44. The van der Waals surface area contributed by atoms with E-state index in [0.29, 0.717) is 19.5 Å². The van der Waals surface area contributed by atoms with E-state index in [1.807, 2.05) is 13.8 Å². The smallest absolute Gasteiger partial charge is 0.317 e. The zero-order valence-corrected chi connectivity index (χ0v) is 10.6. The summed E-state index contributed by atoms with van der Waals surface area (Å²) in [5, 5.41) is 12.0. The van der Waals surface area contributed by atoms with E-state index < -0.39 is 11.9 Å². The lowest BCUT2D eigenvalue weighted by molar-refractivity contribution is -0.143. The second-order valence-electron chi connectivity index (χ2n) is 4.46. The predicted molar refractivity (Wildman–Crippen MR) is 64.8 cm³/mol. The molecule has 0 saturated heterocycles. The van der Waals surface area contributed by atoms with Gasteiger partial charge in [-0.3, -0.25) is 4.79 Å². The summed E-state index contributed by atoms with van der Waals surface area (Å²) in [6, 6.07) is -0.359. The molecule has 1 aliphatic rings. The Morgan fingerprint density at radius 3 is 2.35 bits per heavy atom. The molecular weight excluding hydrogens is 220 g/mol. The molecule has 0 aromatic heterocycles. The van der Waals surface area contributed by atoms with Crippen LogP contribution in [0.3, 0.4) is 0 Å². The minimum Gasteiger partial charge on any atom is -0.481 e. The maximum atomic E-state index is 11.9. The van der Waals surface area contributed by atoms with Crippen molar-refractivity contribution in [3.05, 3.63) is 0 Å². The zero-order chi connectivity index (χ0) is 12.8. The van der Waals surface area contributed by atoms with Crippen LogP contribution in [0.25, 0.3) is 0 Å². The molecule has 0 radical (unpaired) electrons. The van der Waals surface area contributed by atoms with Crippen LogP contribution in [0.2, 0.25) is 0 Å². The first-order valence-electron chi connectivity index (χ1n) is 6.38. The highest BCUT2D eigenvalue weighted by atomic mass is 16.4. The second-order valence-corrected chi connectivity index (χ2v) is 4.46. The first kappa shape index (κ1) is 13.8. The number of aliphatic carboxylic acids is 1. The normalized spacial score (nSPS) is 24.1. The highest BCUT2D eigenvalue weighted by Gasteiger charge is 2.32. The number of nitrogens with zero attached hydrogens (tertiary/aromatic N) is 1. The van der Waals surface area contributed by atoms with Crippen LogP contribution in [-0.2, 0) is 4.79 Å². The molecular formula is C12H22N2O3. The third kappa shape index (κ3) is 3.61. The van der Waals surface area contributed by atoms with Crippen LogP contribution in [0.5, 0.6) is 0 Å². The minimum absolute atomic E-state index is 0.145. The molecule has 5 nitrogen and oxygen atoms in total. The Balaban J connectivity index is 2.58. The molecule has 2 atom stereocenters. The van der Waals surface area contributed by atoms with Crippen molar-refractivity contribution >= 4 is 12.0 Å². The highest BCUT2D eigenvalue weighted by molar-refractivity contribution is 5.77. The van der Waals surface area contributed by atoms with Crippen LogP contribution in [0, 0.1) is 5.92 Å². The van der Waals surface area contributed by atoms with Crippen LogP contribution in [0.4, 0.5) is 4.79 Å². The molecule has 0 bridgehead atoms. The SMILES string of the molecule is CCN(CC)C(=O)NC1CCCCC1C(=O)O. The van der Waals surface area contributed by atoms with E-state index in [4.69, 9.17) is 5.11 Å². The Kier molecular flexibility index (Phi) is 5.25. The van der Waals surface area contributed by atoms with Crippen LogP contribution in [-0.4, -0.2) is 41.1 Å². The molecule has 0 aromatic carbocycles. The Hall–Kier alpha value is -1.26. The molecule has 0 aliphatic heterocycles. The predicted octanol–water partition coefficient (Wildman–Crippen LogP) is 1.68. The summed E-state index contributed by atoms with van der Waals surface area (Å²) >= 11 is 0. The molecule has 2 amide bonds. The van der Waals surface area contributed by atoms with Crippen molar-refractivity contribution in [3.63, 3.8) is 0 Å². The lowest BCUT2D eigenvalue weighted by Gasteiger charge is -2.31.